The Morgan fingerprint density at radius 2 is 1.74 bits per heavy atom. The topological polar surface area (TPSA) is 117 Å². The smallest absolute Gasteiger partial charge is 0.416 e. The Morgan fingerprint density at radius 3 is 2.43 bits per heavy atom. The number of halogens is 3. The summed E-state index contributed by atoms with van der Waals surface area (Å²) in [4.78, 5) is 22.0. The Morgan fingerprint density at radius 1 is 1.06 bits per heavy atom. The van der Waals surface area contributed by atoms with Crippen LogP contribution in [0.25, 0.3) is 0 Å². The van der Waals surface area contributed by atoms with Crippen LogP contribution in [0.4, 0.5) is 35.3 Å². The lowest BCUT2D eigenvalue weighted by Gasteiger charge is -2.28. The van der Waals surface area contributed by atoms with E-state index >= 15 is 0 Å². The molecular weight excluding hydrogens is 463 g/mol. The molecule has 0 aliphatic carbocycles. The van der Waals surface area contributed by atoms with E-state index in [9.17, 15) is 18.0 Å². The van der Waals surface area contributed by atoms with Gasteiger partial charge in [-0.05, 0) is 42.0 Å². The molecule has 0 atom stereocenters. The number of alkyl halides is 3. The molecule has 2 amide bonds. The number of anilines is 3. The van der Waals surface area contributed by atoms with Crippen LogP contribution in [-0.4, -0.2) is 47.1 Å². The zero-order chi connectivity index (χ0) is 24.8. The molecule has 2 heterocycles. The van der Waals surface area contributed by atoms with Crippen molar-refractivity contribution in [1.82, 2.24) is 20.2 Å². The maximum absolute atomic E-state index is 13.7. The van der Waals surface area contributed by atoms with Crippen molar-refractivity contribution < 1.29 is 22.7 Å². The molecule has 184 valence electrons. The second-order valence-corrected chi connectivity index (χ2v) is 7.85. The summed E-state index contributed by atoms with van der Waals surface area (Å²) in [5.41, 5.74) is 5.39. The molecule has 9 nitrogen and oxygen atoms in total. The molecule has 1 saturated heterocycles. The molecule has 3 aromatic rings. The van der Waals surface area contributed by atoms with Gasteiger partial charge in [-0.1, -0.05) is 6.07 Å². The molecule has 0 radical (unpaired) electrons. The van der Waals surface area contributed by atoms with E-state index in [1.54, 1.807) is 30.3 Å². The summed E-state index contributed by atoms with van der Waals surface area (Å²) >= 11 is 0. The zero-order valence-corrected chi connectivity index (χ0v) is 18.6. The molecule has 5 N–H and O–H groups in total. The lowest BCUT2D eigenvalue weighted by atomic mass is 10.0. The molecule has 12 heteroatoms. The van der Waals surface area contributed by atoms with E-state index in [1.165, 1.54) is 18.3 Å². The largest absolute Gasteiger partial charge is 0.439 e. The first-order valence-electron chi connectivity index (χ1n) is 10.8. The van der Waals surface area contributed by atoms with Crippen LogP contribution in [-0.2, 0) is 12.7 Å². The van der Waals surface area contributed by atoms with Gasteiger partial charge in [-0.25, -0.2) is 9.78 Å². The van der Waals surface area contributed by atoms with Crippen LogP contribution >= 0.6 is 0 Å². The fraction of sp³-hybridized carbons (Fsp3) is 0.261. The lowest BCUT2D eigenvalue weighted by molar-refractivity contribution is -0.138. The minimum Gasteiger partial charge on any atom is -0.439 e. The first kappa shape index (κ1) is 24.2. The Bertz CT molecular complexity index is 1170. The summed E-state index contributed by atoms with van der Waals surface area (Å²) in [6, 6.07) is 11.1. The molecule has 1 fully saturated rings. The third-order valence-corrected chi connectivity index (χ3v) is 5.26. The van der Waals surface area contributed by atoms with Crippen molar-refractivity contribution in [2.45, 2.75) is 12.7 Å². The van der Waals surface area contributed by atoms with Crippen LogP contribution in [0, 0.1) is 0 Å². The highest BCUT2D eigenvalue weighted by atomic mass is 19.4. The van der Waals surface area contributed by atoms with Gasteiger partial charge in [-0.3, -0.25) is 4.90 Å². The van der Waals surface area contributed by atoms with Gasteiger partial charge in [0.25, 0.3) is 0 Å². The van der Waals surface area contributed by atoms with Gasteiger partial charge >= 0.3 is 12.2 Å². The number of piperazine rings is 1. The maximum atomic E-state index is 13.7. The monoisotopic (exact) mass is 487 g/mol. The van der Waals surface area contributed by atoms with Gasteiger partial charge in [0.15, 0.2) is 0 Å². The number of aromatic nitrogens is 2. The first-order valence-corrected chi connectivity index (χ1v) is 10.8. The number of carbonyl (C=O) groups is 1. The van der Waals surface area contributed by atoms with Crippen molar-refractivity contribution >= 4 is 23.4 Å². The molecule has 0 bridgehead atoms. The summed E-state index contributed by atoms with van der Waals surface area (Å²) in [6.45, 7) is 3.03. The van der Waals surface area contributed by atoms with Crippen LogP contribution in [0.15, 0.2) is 54.7 Å². The zero-order valence-electron chi connectivity index (χ0n) is 18.6. The molecule has 1 aliphatic heterocycles. The number of carbonyl (C=O) groups excluding carboxylic acids is 1. The lowest BCUT2D eigenvalue weighted by Crippen LogP contribution is -2.43. The van der Waals surface area contributed by atoms with Crippen molar-refractivity contribution in [1.29, 1.82) is 0 Å². The molecule has 35 heavy (non-hydrogen) atoms. The van der Waals surface area contributed by atoms with Crippen LogP contribution in [0.5, 0.6) is 11.6 Å². The quantitative estimate of drug-likeness (QED) is 0.416. The van der Waals surface area contributed by atoms with Crippen molar-refractivity contribution in [2.24, 2.45) is 0 Å². The van der Waals surface area contributed by atoms with E-state index < -0.39 is 17.8 Å². The van der Waals surface area contributed by atoms with Crippen molar-refractivity contribution in [3.63, 3.8) is 0 Å². The summed E-state index contributed by atoms with van der Waals surface area (Å²) in [6.07, 6.45) is -3.08. The number of nitrogens with two attached hydrogens (primary N) is 1. The van der Waals surface area contributed by atoms with Crippen molar-refractivity contribution in [3.05, 3.63) is 65.9 Å². The second-order valence-electron chi connectivity index (χ2n) is 7.85. The van der Waals surface area contributed by atoms with Crippen LogP contribution < -0.4 is 26.4 Å². The van der Waals surface area contributed by atoms with E-state index in [4.69, 9.17) is 10.5 Å². The SMILES string of the molecule is Nc1nccc(Oc2ccc(NC(=O)Nc3ccc(CN4CCNCC4)c(C(F)(F)F)c3)cc2)n1. The Balaban J connectivity index is 1.39. The number of hydrogen-bond acceptors (Lipinski definition) is 7. The highest BCUT2D eigenvalue weighted by Crippen LogP contribution is 2.34. The number of benzene rings is 2. The summed E-state index contributed by atoms with van der Waals surface area (Å²) < 4.78 is 46.6. The average Bonchev–Trinajstić information content (AvgIpc) is 2.81. The minimum absolute atomic E-state index is 0.0418. The molecule has 1 aromatic heterocycles. The Kier molecular flexibility index (Phi) is 7.32. The molecule has 1 aliphatic rings. The van der Waals surface area contributed by atoms with Gasteiger partial charge in [0.2, 0.25) is 11.8 Å². The van der Waals surface area contributed by atoms with E-state index in [2.05, 4.69) is 25.9 Å². The van der Waals surface area contributed by atoms with Gasteiger partial charge in [0.1, 0.15) is 5.75 Å². The molecular formula is C23H24F3N7O2. The number of hydrogen-bond donors (Lipinski definition) is 4. The number of nitrogens with one attached hydrogen (secondary N) is 3. The fourth-order valence-corrected chi connectivity index (χ4v) is 3.60. The molecule has 2 aromatic carbocycles. The maximum Gasteiger partial charge on any atom is 0.416 e. The second kappa shape index (κ2) is 10.6. The highest BCUT2D eigenvalue weighted by Gasteiger charge is 2.34. The predicted molar refractivity (Wildman–Crippen MR) is 125 cm³/mol. The van der Waals surface area contributed by atoms with E-state index in [-0.39, 0.29) is 29.6 Å². The Hall–Kier alpha value is -3.90. The molecule has 0 spiro atoms. The highest BCUT2D eigenvalue weighted by molar-refractivity contribution is 5.99. The van der Waals surface area contributed by atoms with Gasteiger partial charge in [-0.15, -0.1) is 0 Å². The number of amides is 2. The minimum atomic E-state index is -4.54. The van der Waals surface area contributed by atoms with E-state index in [0.29, 0.717) is 24.5 Å². The van der Waals surface area contributed by atoms with Gasteiger partial charge in [-0.2, -0.15) is 18.2 Å². The predicted octanol–water partition coefficient (Wildman–Crippen LogP) is 3.92. The standard InChI is InChI=1S/C23H24F3N7O2/c24-23(25,26)19-13-17(2-1-15(19)14-33-11-9-28-10-12-33)31-22(34)30-16-3-5-18(6-4-16)35-20-7-8-29-21(27)32-20/h1-8,13,28H,9-12,14H2,(H2,27,29,32)(H2,30,31,34). The average molecular weight is 487 g/mol. The summed E-state index contributed by atoms with van der Waals surface area (Å²) in [7, 11) is 0. The van der Waals surface area contributed by atoms with E-state index in [0.717, 1.165) is 19.2 Å². The first-order chi connectivity index (χ1) is 16.8. The van der Waals surface area contributed by atoms with E-state index in [1.807, 2.05) is 4.90 Å². The number of nitrogen functional groups attached to an aromatic ring is 1. The Labute approximate surface area is 199 Å². The van der Waals surface area contributed by atoms with Gasteiger partial charge < -0.3 is 26.4 Å². The van der Waals surface area contributed by atoms with Crippen molar-refractivity contribution in [2.75, 3.05) is 42.5 Å². The molecule has 0 saturated carbocycles. The molecule has 4 rings (SSSR count). The molecule has 0 unspecified atom stereocenters. The van der Waals surface area contributed by atoms with Crippen LogP contribution in [0.2, 0.25) is 0 Å². The fourth-order valence-electron chi connectivity index (χ4n) is 3.60. The van der Waals surface area contributed by atoms with Crippen LogP contribution in [0.3, 0.4) is 0 Å². The summed E-state index contributed by atoms with van der Waals surface area (Å²) in [5.74, 6) is 0.781. The third kappa shape index (κ3) is 6.80. The van der Waals surface area contributed by atoms with Crippen LogP contribution in [0.1, 0.15) is 11.1 Å². The number of ether oxygens (including phenoxy) is 1. The normalized spacial score (nSPS) is 14.4. The van der Waals surface area contributed by atoms with Crippen molar-refractivity contribution in [3.8, 4) is 11.6 Å². The number of nitrogens with zero attached hydrogens (tertiary/aromatic N) is 3. The van der Waals surface area contributed by atoms with Gasteiger partial charge in [0, 0.05) is 56.4 Å². The summed E-state index contributed by atoms with van der Waals surface area (Å²) in [5, 5.41) is 8.22. The third-order valence-electron chi connectivity index (χ3n) is 5.26. The number of urea groups is 1. The number of rotatable bonds is 6. The van der Waals surface area contributed by atoms with Gasteiger partial charge in [0.05, 0.1) is 5.56 Å².